The zero-order valence-electron chi connectivity index (χ0n) is 19.9. The van der Waals surface area contributed by atoms with Gasteiger partial charge in [0.15, 0.2) is 6.61 Å². The normalized spacial score (nSPS) is 11.7. The Morgan fingerprint density at radius 3 is 2.26 bits per heavy atom. The fourth-order valence-electron chi connectivity index (χ4n) is 3.55. The van der Waals surface area contributed by atoms with Gasteiger partial charge in [-0.15, -0.1) is 0 Å². The number of para-hydroxylation sites is 1. The van der Waals surface area contributed by atoms with Crippen LogP contribution in [-0.2, 0) is 22.6 Å². The summed E-state index contributed by atoms with van der Waals surface area (Å²) in [7, 11) is 0. The van der Waals surface area contributed by atoms with E-state index in [9.17, 15) is 14.0 Å². The minimum absolute atomic E-state index is 0.123. The average Bonchev–Trinajstić information content (AvgIpc) is 2.85. The number of carbonyl (C=O) groups is 2. The molecule has 2 amide bonds. The van der Waals surface area contributed by atoms with Crippen molar-refractivity contribution in [3.63, 3.8) is 0 Å². The second-order valence-electron chi connectivity index (χ2n) is 8.71. The van der Waals surface area contributed by atoms with Crippen LogP contribution in [0.15, 0.2) is 78.9 Å². The Morgan fingerprint density at radius 2 is 1.60 bits per heavy atom. The summed E-state index contributed by atoms with van der Waals surface area (Å²) in [4.78, 5) is 28.3. The van der Waals surface area contributed by atoms with E-state index in [-0.39, 0.29) is 36.7 Å². The minimum atomic E-state index is -0.788. The Hall–Kier alpha value is -3.38. The lowest BCUT2D eigenvalue weighted by Crippen LogP contribution is -2.52. The fourth-order valence-corrected chi connectivity index (χ4v) is 3.74. The van der Waals surface area contributed by atoms with Crippen molar-refractivity contribution in [3.8, 4) is 5.75 Å². The van der Waals surface area contributed by atoms with E-state index in [1.807, 2.05) is 44.2 Å². The number of amides is 2. The van der Waals surface area contributed by atoms with E-state index in [0.29, 0.717) is 29.3 Å². The van der Waals surface area contributed by atoms with Gasteiger partial charge in [-0.25, -0.2) is 4.39 Å². The molecule has 0 radical (unpaired) electrons. The van der Waals surface area contributed by atoms with Gasteiger partial charge in [0.25, 0.3) is 5.91 Å². The zero-order chi connectivity index (χ0) is 25.2. The second kappa shape index (κ2) is 12.9. The van der Waals surface area contributed by atoms with Crippen LogP contribution in [0.1, 0.15) is 25.0 Å². The molecule has 0 heterocycles. The first kappa shape index (κ1) is 26.2. The van der Waals surface area contributed by atoms with E-state index in [1.165, 1.54) is 17.0 Å². The van der Waals surface area contributed by atoms with Crippen LogP contribution in [0.3, 0.4) is 0 Å². The molecule has 0 saturated heterocycles. The van der Waals surface area contributed by atoms with Crippen molar-refractivity contribution in [2.75, 3.05) is 13.2 Å². The highest BCUT2D eigenvalue weighted by atomic mass is 35.5. The van der Waals surface area contributed by atoms with Crippen LogP contribution >= 0.6 is 11.6 Å². The first-order valence-electron chi connectivity index (χ1n) is 11.6. The molecule has 7 heteroatoms. The lowest BCUT2D eigenvalue weighted by Gasteiger charge is -2.31. The van der Waals surface area contributed by atoms with Crippen molar-refractivity contribution in [1.29, 1.82) is 0 Å². The van der Waals surface area contributed by atoms with Crippen molar-refractivity contribution >= 4 is 23.4 Å². The van der Waals surface area contributed by atoms with Gasteiger partial charge in [-0.2, -0.15) is 0 Å². The molecule has 0 aliphatic heterocycles. The van der Waals surface area contributed by atoms with Gasteiger partial charge in [-0.1, -0.05) is 80.0 Å². The molecular formula is C28H30ClFN2O3. The molecule has 1 N–H and O–H groups in total. The maximum Gasteiger partial charge on any atom is 0.261 e. The van der Waals surface area contributed by atoms with E-state index in [1.54, 1.807) is 36.4 Å². The van der Waals surface area contributed by atoms with Gasteiger partial charge in [0.2, 0.25) is 5.91 Å². The second-order valence-corrected chi connectivity index (χ2v) is 9.12. The first-order valence-corrected chi connectivity index (χ1v) is 11.9. The van der Waals surface area contributed by atoms with Crippen LogP contribution in [-0.4, -0.2) is 35.9 Å². The molecule has 0 aliphatic rings. The van der Waals surface area contributed by atoms with Crippen LogP contribution in [0, 0.1) is 11.7 Å². The van der Waals surface area contributed by atoms with E-state index in [2.05, 4.69) is 5.32 Å². The average molecular weight is 497 g/mol. The summed E-state index contributed by atoms with van der Waals surface area (Å²) < 4.78 is 19.2. The molecule has 0 fully saturated rings. The maximum absolute atomic E-state index is 13.5. The summed E-state index contributed by atoms with van der Waals surface area (Å²) in [6.07, 6.45) is 0.323. The maximum atomic E-state index is 13.5. The summed E-state index contributed by atoms with van der Waals surface area (Å²) >= 11 is 6.17. The Morgan fingerprint density at radius 1 is 0.943 bits per heavy atom. The van der Waals surface area contributed by atoms with Crippen molar-refractivity contribution in [2.45, 2.75) is 32.9 Å². The van der Waals surface area contributed by atoms with Crippen LogP contribution in [0.4, 0.5) is 4.39 Å². The Kier molecular flexibility index (Phi) is 9.67. The topological polar surface area (TPSA) is 58.6 Å². The molecular weight excluding hydrogens is 467 g/mol. The van der Waals surface area contributed by atoms with Gasteiger partial charge in [0.1, 0.15) is 17.6 Å². The predicted octanol–water partition coefficient (Wildman–Crippen LogP) is 5.27. The van der Waals surface area contributed by atoms with Crippen molar-refractivity contribution < 1.29 is 18.7 Å². The van der Waals surface area contributed by atoms with Gasteiger partial charge < -0.3 is 15.0 Å². The molecule has 3 rings (SSSR count). The highest BCUT2D eigenvalue weighted by Crippen LogP contribution is 2.23. The third kappa shape index (κ3) is 8.11. The molecule has 1 atom stereocenters. The van der Waals surface area contributed by atoms with E-state index in [4.69, 9.17) is 16.3 Å². The minimum Gasteiger partial charge on any atom is -0.482 e. The largest absolute Gasteiger partial charge is 0.482 e. The first-order chi connectivity index (χ1) is 16.8. The van der Waals surface area contributed by atoms with Crippen LogP contribution in [0.2, 0.25) is 5.02 Å². The highest BCUT2D eigenvalue weighted by Gasteiger charge is 2.30. The molecule has 0 saturated carbocycles. The number of nitrogens with one attached hydrogen (secondary N) is 1. The number of halogens is 2. The van der Waals surface area contributed by atoms with Gasteiger partial charge in [-0.05, 0) is 41.3 Å². The molecule has 5 nitrogen and oxygen atoms in total. The van der Waals surface area contributed by atoms with E-state index >= 15 is 0 Å². The van der Waals surface area contributed by atoms with Crippen LogP contribution in [0.5, 0.6) is 5.75 Å². The molecule has 0 spiro atoms. The molecule has 0 unspecified atom stereocenters. The zero-order valence-corrected chi connectivity index (χ0v) is 20.7. The number of carbonyl (C=O) groups excluding carboxylic acids is 2. The molecule has 0 aliphatic carbocycles. The lowest BCUT2D eigenvalue weighted by atomic mass is 10.0. The monoisotopic (exact) mass is 496 g/mol. The SMILES string of the molecule is CC(C)CNC(=O)[C@@H](Cc1ccccc1)N(Cc1ccc(F)cc1)C(=O)COc1ccccc1Cl. The quantitative estimate of drug-likeness (QED) is 0.393. The predicted molar refractivity (Wildman–Crippen MR) is 136 cm³/mol. The highest BCUT2D eigenvalue weighted by molar-refractivity contribution is 6.32. The summed E-state index contributed by atoms with van der Waals surface area (Å²) in [6.45, 7) is 4.32. The van der Waals surface area contributed by atoms with Crippen LogP contribution < -0.4 is 10.1 Å². The summed E-state index contributed by atoms with van der Waals surface area (Å²) in [6, 6.07) is 21.5. The number of rotatable bonds is 11. The molecule has 35 heavy (non-hydrogen) atoms. The molecule has 3 aromatic rings. The van der Waals surface area contributed by atoms with Gasteiger partial charge in [0, 0.05) is 19.5 Å². The Bertz CT molecular complexity index is 1110. The third-order valence-corrected chi connectivity index (χ3v) is 5.72. The summed E-state index contributed by atoms with van der Waals surface area (Å²) in [5, 5.41) is 3.35. The smallest absolute Gasteiger partial charge is 0.261 e. The Balaban J connectivity index is 1.90. The number of hydrogen-bond donors (Lipinski definition) is 1. The molecule has 0 aromatic heterocycles. The molecule has 0 bridgehead atoms. The fraction of sp³-hybridized carbons (Fsp3) is 0.286. The van der Waals surface area contributed by atoms with Crippen molar-refractivity contribution in [2.24, 2.45) is 5.92 Å². The molecule has 3 aromatic carbocycles. The van der Waals surface area contributed by atoms with Crippen molar-refractivity contribution in [1.82, 2.24) is 10.2 Å². The number of ether oxygens (including phenoxy) is 1. The number of hydrogen-bond acceptors (Lipinski definition) is 3. The van der Waals surface area contributed by atoms with Crippen molar-refractivity contribution in [3.05, 3.63) is 101 Å². The van der Waals surface area contributed by atoms with E-state index < -0.39 is 6.04 Å². The molecule has 184 valence electrons. The van der Waals surface area contributed by atoms with E-state index in [0.717, 1.165) is 5.56 Å². The van der Waals surface area contributed by atoms with Gasteiger partial charge in [0.05, 0.1) is 5.02 Å². The number of benzene rings is 3. The van der Waals surface area contributed by atoms with Gasteiger partial charge in [-0.3, -0.25) is 9.59 Å². The summed E-state index contributed by atoms with van der Waals surface area (Å²) in [5.74, 6) is -0.371. The van der Waals surface area contributed by atoms with Crippen LogP contribution in [0.25, 0.3) is 0 Å². The van der Waals surface area contributed by atoms with Gasteiger partial charge >= 0.3 is 0 Å². The number of nitrogens with zero attached hydrogens (tertiary/aromatic N) is 1. The summed E-state index contributed by atoms with van der Waals surface area (Å²) in [5.41, 5.74) is 1.62. The standard InChI is InChI=1S/C28H30ClFN2O3/c1-20(2)17-31-28(34)25(16-21-8-4-3-5-9-21)32(18-22-12-14-23(30)15-13-22)27(33)19-35-26-11-7-6-10-24(26)29/h3-15,20,25H,16-19H2,1-2H3,(H,31,34)/t25-/m1/s1. The Labute approximate surface area is 210 Å². The lowest BCUT2D eigenvalue weighted by molar-refractivity contribution is -0.142. The third-order valence-electron chi connectivity index (χ3n) is 5.41.